The van der Waals surface area contributed by atoms with Gasteiger partial charge in [-0.2, -0.15) is 0 Å². The number of rotatable bonds is 2. The van der Waals surface area contributed by atoms with Crippen molar-refractivity contribution in [3.05, 3.63) is 22.7 Å². The standard InChI is InChI=1S/C8H7Cl2NO2/c9-3-6(13)7-4(11)1-2-5(12)8(7)10/h1-2,12H,3,11H2. The second-order valence-corrected chi connectivity index (χ2v) is 3.06. The molecule has 0 aliphatic rings. The zero-order chi connectivity index (χ0) is 10.0. The van der Waals surface area contributed by atoms with Gasteiger partial charge in [-0.15, -0.1) is 11.6 Å². The first-order valence-electron chi connectivity index (χ1n) is 3.44. The van der Waals surface area contributed by atoms with Gasteiger partial charge in [0.15, 0.2) is 5.78 Å². The lowest BCUT2D eigenvalue weighted by Crippen LogP contribution is -2.05. The van der Waals surface area contributed by atoms with Gasteiger partial charge in [-0.1, -0.05) is 11.6 Å². The Morgan fingerprint density at radius 3 is 2.69 bits per heavy atom. The first-order chi connectivity index (χ1) is 6.07. The summed E-state index contributed by atoms with van der Waals surface area (Å²) < 4.78 is 0. The van der Waals surface area contributed by atoms with Crippen LogP contribution in [0.4, 0.5) is 5.69 Å². The van der Waals surface area contributed by atoms with Gasteiger partial charge in [-0.3, -0.25) is 4.79 Å². The second-order valence-electron chi connectivity index (χ2n) is 2.42. The van der Waals surface area contributed by atoms with Gasteiger partial charge >= 0.3 is 0 Å². The monoisotopic (exact) mass is 219 g/mol. The van der Waals surface area contributed by atoms with Gasteiger partial charge in [0.25, 0.3) is 0 Å². The Morgan fingerprint density at radius 2 is 2.15 bits per heavy atom. The van der Waals surface area contributed by atoms with Crippen molar-refractivity contribution in [1.82, 2.24) is 0 Å². The molecule has 0 aromatic heterocycles. The molecule has 5 heteroatoms. The summed E-state index contributed by atoms with van der Waals surface area (Å²) in [6.45, 7) is 0. The second kappa shape index (κ2) is 3.85. The number of halogens is 2. The number of hydrogen-bond donors (Lipinski definition) is 2. The molecule has 0 saturated heterocycles. The molecule has 1 aromatic rings. The van der Waals surface area contributed by atoms with Gasteiger partial charge < -0.3 is 10.8 Å². The molecule has 3 nitrogen and oxygen atoms in total. The number of carbonyl (C=O) groups excluding carboxylic acids is 1. The summed E-state index contributed by atoms with van der Waals surface area (Å²) in [5.74, 6) is -0.794. The normalized spacial score (nSPS) is 10.0. The van der Waals surface area contributed by atoms with Crippen LogP contribution in [0.2, 0.25) is 5.02 Å². The highest BCUT2D eigenvalue weighted by molar-refractivity contribution is 6.39. The Bertz CT molecular complexity index is 352. The fraction of sp³-hybridized carbons (Fsp3) is 0.125. The van der Waals surface area contributed by atoms with Gasteiger partial charge in [-0.05, 0) is 12.1 Å². The zero-order valence-corrected chi connectivity index (χ0v) is 8.06. The van der Waals surface area contributed by atoms with Crippen molar-refractivity contribution < 1.29 is 9.90 Å². The van der Waals surface area contributed by atoms with E-state index in [1.807, 2.05) is 0 Å². The SMILES string of the molecule is Nc1ccc(O)c(Cl)c1C(=O)CCl. The van der Waals surface area contributed by atoms with E-state index in [1.54, 1.807) is 0 Å². The zero-order valence-electron chi connectivity index (χ0n) is 6.55. The largest absolute Gasteiger partial charge is 0.506 e. The number of nitrogens with two attached hydrogens (primary N) is 1. The third kappa shape index (κ3) is 1.87. The summed E-state index contributed by atoms with van der Waals surface area (Å²) in [6, 6.07) is 2.73. The molecular formula is C8H7Cl2NO2. The summed E-state index contributed by atoms with van der Waals surface area (Å²) in [5.41, 5.74) is 5.79. The van der Waals surface area contributed by atoms with Crippen LogP contribution in [0.3, 0.4) is 0 Å². The van der Waals surface area contributed by atoms with Crippen LogP contribution in [-0.2, 0) is 0 Å². The molecule has 70 valence electrons. The lowest BCUT2D eigenvalue weighted by atomic mass is 10.1. The number of nitrogen functional groups attached to an aromatic ring is 1. The number of ketones is 1. The van der Waals surface area contributed by atoms with Gasteiger partial charge in [-0.25, -0.2) is 0 Å². The van der Waals surface area contributed by atoms with E-state index in [1.165, 1.54) is 12.1 Å². The van der Waals surface area contributed by atoms with Crippen LogP contribution in [0.15, 0.2) is 12.1 Å². The Morgan fingerprint density at radius 1 is 1.54 bits per heavy atom. The molecule has 0 spiro atoms. The van der Waals surface area contributed by atoms with Gasteiger partial charge in [0.2, 0.25) is 0 Å². The number of phenolic OH excluding ortho intramolecular Hbond substituents is 1. The van der Waals surface area contributed by atoms with Crippen LogP contribution in [0, 0.1) is 0 Å². The highest BCUT2D eigenvalue weighted by Crippen LogP contribution is 2.31. The quantitative estimate of drug-likeness (QED) is 0.347. The molecule has 0 atom stereocenters. The maximum Gasteiger partial charge on any atom is 0.181 e. The van der Waals surface area contributed by atoms with Crippen molar-refractivity contribution in [2.24, 2.45) is 0 Å². The van der Waals surface area contributed by atoms with Crippen molar-refractivity contribution in [2.45, 2.75) is 0 Å². The highest BCUT2D eigenvalue weighted by Gasteiger charge is 2.15. The van der Waals surface area contributed by atoms with Crippen LogP contribution in [0.5, 0.6) is 5.75 Å². The molecule has 0 unspecified atom stereocenters. The highest BCUT2D eigenvalue weighted by atomic mass is 35.5. The fourth-order valence-corrected chi connectivity index (χ4v) is 1.34. The molecular weight excluding hydrogens is 213 g/mol. The molecule has 0 amide bonds. The number of alkyl halides is 1. The van der Waals surface area contributed by atoms with Crippen molar-refractivity contribution in [3.63, 3.8) is 0 Å². The molecule has 0 saturated carbocycles. The summed E-state index contributed by atoms with van der Waals surface area (Å²) in [4.78, 5) is 11.2. The van der Waals surface area contributed by atoms with Crippen LogP contribution in [0.25, 0.3) is 0 Å². The smallest absolute Gasteiger partial charge is 0.181 e. The predicted molar refractivity (Wildman–Crippen MR) is 52.6 cm³/mol. The third-order valence-corrected chi connectivity index (χ3v) is 2.18. The van der Waals surface area contributed by atoms with E-state index in [-0.39, 0.29) is 27.9 Å². The topological polar surface area (TPSA) is 63.3 Å². The number of benzene rings is 1. The van der Waals surface area contributed by atoms with E-state index in [9.17, 15) is 9.90 Å². The predicted octanol–water partition coefficient (Wildman–Crippen LogP) is 2.05. The molecule has 3 N–H and O–H groups in total. The number of Topliss-reactive ketones (excluding diaryl/α,β-unsaturated/α-hetero) is 1. The van der Waals surface area contributed by atoms with Gasteiger partial charge in [0.05, 0.1) is 16.5 Å². The van der Waals surface area contributed by atoms with Gasteiger partial charge in [0.1, 0.15) is 5.75 Å². The molecule has 0 bridgehead atoms. The molecule has 13 heavy (non-hydrogen) atoms. The summed E-state index contributed by atoms with van der Waals surface area (Å²) in [6.07, 6.45) is 0. The van der Waals surface area contributed by atoms with E-state index in [0.717, 1.165) is 0 Å². The average Bonchev–Trinajstić information content (AvgIpc) is 2.12. The van der Waals surface area contributed by atoms with Crippen LogP contribution in [-0.4, -0.2) is 16.8 Å². The Hall–Kier alpha value is -0.930. The van der Waals surface area contributed by atoms with Crippen LogP contribution < -0.4 is 5.73 Å². The molecule has 0 aliphatic carbocycles. The minimum absolute atomic E-state index is 0.0503. The maximum atomic E-state index is 11.2. The van der Waals surface area contributed by atoms with Crippen LogP contribution in [0.1, 0.15) is 10.4 Å². The van der Waals surface area contributed by atoms with Crippen molar-refractivity contribution >= 4 is 34.7 Å². The number of anilines is 1. The minimum atomic E-state index is -0.403. The average molecular weight is 220 g/mol. The molecule has 0 heterocycles. The summed E-state index contributed by atoms with van der Waals surface area (Å²) in [5, 5.41) is 9.14. The maximum absolute atomic E-state index is 11.2. The lowest BCUT2D eigenvalue weighted by molar-refractivity contribution is 0.102. The minimum Gasteiger partial charge on any atom is -0.506 e. The number of aromatic hydroxyl groups is 1. The van der Waals surface area contributed by atoms with Crippen molar-refractivity contribution in [1.29, 1.82) is 0 Å². The van der Waals surface area contributed by atoms with E-state index in [2.05, 4.69) is 0 Å². The van der Waals surface area contributed by atoms with Gasteiger partial charge in [0, 0.05) is 5.69 Å². The molecule has 1 aromatic carbocycles. The Kier molecular flexibility index (Phi) is 3.01. The first-order valence-corrected chi connectivity index (χ1v) is 4.35. The summed E-state index contributed by atoms with van der Waals surface area (Å²) >= 11 is 11.0. The van der Waals surface area contributed by atoms with E-state index >= 15 is 0 Å². The lowest BCUT2D eigenvalue weighted by Gasteiger charge is -2.06. The number of carbonyl (C=O) groups is 1. The fourth-order valence-electron chi connectivity index (χ4n) is 0.930. The Labute approximate surface area is 85.1 Å². The van der Waals surface area contributed by atoms with E-state index < -0.39 is 5.78 Å². The van der Waals surface area contributed by atoms with Crippen molar-refractivity contribution in [2.75, 3.05) is 11.6 Å². The van der Waals surface area contributed by atoms with E-state index in [0.29, 0.717) is 0 Å². The molecule has 1 rings (SSSR count). The molecule has 0 fully saturated rings. The first kappa shape index (κ1) is 10.2. The van der Waals surface area contributed by atoms with Crippen LogP contribution >= 0.6 is 23.2 Å². The Balaban J connectivity index is 3.33. The molecule has 0 aliphatic heterocycles. The number of phenols is 1. The third-order valence-electron chi connectivity index (χ3n) is 1.55. The van der Waals surface area contributed by atoms with E-state index in [4.69, 9.17) is 28.9 Å². The molecule has 0 radical (unpaired) electrons. The van der Waals surface area contributed by atoms with Crippen molar-refractivity contribution in [3.8, 4) is 5.75 Å². The number of hydrogen-bond acceptors (Lipinski definition) is 3. The summed E-state index contributed by atoms with van der Waals surface area (Å²) in [7, 11) is 0.